The standard InChI is InChI=1S/C10H17N5O2S/c1-2-17-9(16)8(11)5-6-18-10-12-13-14-15(10)7-3-4-7/h7-8H,2-6,11H2,1H3. The summed E-state index contributed by atoms with van der Waals surface area (Å²) in [6.45, 7) is 2.13. The number of carbonyl (C=O) groups excluding carboxylic acids is 1. The molecule has 1 aromatic rings. The number of carbonyl (C=O) groups is 1. The fourth-order valence-corrected chi connectivity index (χ4v) is 2.44. The van der Waals surface area contributed by atoms with Gasteiger partial charge in [-0.15, -0.1) is 5.10 Å². The normalized spacial score (nSPS) is 16.6. The summed E-state index contributed by atoms with van der Waals surface area (Å²) in [7, 11) is 0. The first-order chi connectivity index (χ1) is 8.72. The number of rotatable bonds is 7. The number of thioether (sulfide) groups is 1. The summed E-state index contributed by atoms with van der Waals surface area (Å²) < 4.78 is 6.69. The Kier molecular flexibility index (Phi) is 4.54. The average Bonchev–Trinajstić information content (AvgIpc) is 3.10. The van der Waals surface area contributed by atoms with E-state index in [1.54, 1.807) is 6.92 Å². The highest BCUT2D eigenvalue weighted by molar-refractivity contribution is 7.99. The number of esters is 1. The molecule has 0 radical (unpaired) electrons. The van der Waals surface area contributed by atoms with Crippen molar-refractivity contribution >= 4 is 17.7 Å². The maximum atomic E-state index is 11.3. The molecule has 0 saturated heterocycles. The topological polar surface area (TPSA) is 95.9 Å². The molecule has 2 N–H and O–H groups in total. The van der Waals surface area contributed by atoms with Crippen molar-refractivity contribution in [3.8, 4) is 0 Å². The van der Waals surface area contributed by atoms with Gasteiger partial charge in [-0.25, -0.2) is 4.68 Å². The lowest BCUT2D eigenvalue weighted by atomic mass is 10.2. The van der Waals surface area contributed by atoms with E-state index in [0.717, 1.165) is 18.0 Å². The Hall–Kier alpha value is -1.15. The molecule has 1 aliphatic rings. The number of ether oxygens (including phenoxy) is 1. The van der Waals surface area contributed by atoms with Gasteiger partial charge in [-0.05, 0) is 36.6 Å². The van der Waals surface area contributed by atoms with Crippen LogP contribution < -0.4 is 5.73 Å². The highest BCUT2D eigenvalue weighted by Gasteiger charge is 2.28. The van der Waals surface area contributed by atoms with Crippen LogP contribution in [0.5, 0.6) is 0 Å². The van der Waals surface area contributed by atoms with Crippen molar-refractivity contribution in [1.29, 1.82) is 0 Å². The first-order valence-electron chi connectivity index (χ1n) is 6.05. The van der Waals surface area contributed by atoms with Crippen molar-refractivity contribution in [1.82, 2.24) is 20.2 Å². The number of hydrogen-bond donors (Lipinski definition) is 1. The monoisotopic (exact) mass is 271 g/mol. The second kappa shape index (κ2) is 6.14. The maximum Gasteiger partial charge on any atom is 0.322 e. The number of aromatic nitrogens is 4. The molecule has 0 aromatic carbocycles. The van der Waals surface area contributed by atoms with Gasteiger partial charge in [0.05, 0.1) is 12.6 Å². The number of hydrogen-bond acceptors (Lipinski definition) is 7. The third kappa shape index (κ3) is 3.42. The highest BCUT2D eigenvalue weighted by atomic mass is 32.2. The molecule has 1 unspecified atom stereocenters. The Balaban J connectivity index is 1.74. The van der Waals surface area contributed by atoms with Crippen molar-refractivity contribution in [3.05, 3.63) is 0 Å². The van der Waals surface area contributed by atoms with Gasteiger partial charge in [-0.1, -0.05) is 11.8 Å². The Bertz CT molecular complexity index is 407. The van der Waals surface area contributed by atoms with E-state index in [0.29, 0.717) is 24.8 Å². The van der Waals surface area contributed by atoms with Crippen molar-refractivity contribution < 1.29 is 9.53 Å². The highest BCUT2D eigenvalue weighted by Crippen LogP contribution is 2.36. The summed E-state index contributed by atoms with van der Waals surface area (Å²) in [5.41, 5.74) is 5.71. The molecule has 1 saturated carbocycles. The summed E-state index contributed by atoms with van der Waals surface area (Å²) in [5, 5.41) is 12.4. The zero-order valence-corrected chi connectivity index (χ0v) is 11.1. The lowest BCUT2D eigenvalue weighted by Crippen LogP contribution is -2.32. The van der Waals surface area contributed by atoms with Gasteiger partial charge in [0, 0.05) is 5.75 Å². The van der Waals surface area contributed by atoms with Gasteiger partial charge in [-0.2, -0.15) is 0 Å². The van der Waals surface area contributed by atoms with Gasteiger partial charge in [0.2, 0.25) is 5.16 Å². The fourth-order valence-electron chi connectivity index (χ4n) is 1.47. The number of nitrogens with two attached hydrogens (primary N) is 1. The van der Waals surface area contributed by atoms with E-state index in [-0.39, 0.29) is 5.97 Å². The fraction of sp³-hybridized carbons (Fsp3) is 0.800. The van der Waals surface area contributed by atoms with Gasteiger partial charge >= 0.3 is 5.97 Å². The summed E-state index contributed by atoms with van der Waals surface area (Å²) in [6, 6.07) is -0.107. The lowest BCUT2D eigenvalue weighted by Gasteiger charge is -2.09. The van der Waals surface area contributed by atoms with Gasteiger partial charge in [0.25, 0.3) is 0 Å². The van der Waals surface area contributed by atoms with E-state index in [1.165, 1.54) is 11.8 Å². The lowest BCUT2D eigenvalue weighted by molar-refractivity contribution is -0.144. The van der Waals surface area contributed by atoms with Crippen LogP contribution in [0.25, 0.3) is 0 Å². The number of nitrogens with zero attached hydrogens (tertiary/aromatic N) is 4. The van der Waals surface area contributed by atoms with Crippen molar-refractivity contribution in [2.24, 2.45) is 5.73 Å². The van der Waals surface area contributed by atoms with Gasteiger partial charge in [-0.3, -0.25) is 4.79 Å². The summed E-state index contributed by atoms with van der Waals surface area (Å²) >= 11 is 1.52. The third-order valence-corrected chi connectivity index (χ3v) is 3.57. The van der Waals surface area contributed by atoms with Crippen LogP contribution >= 0.6 is 11.8 Å². The molecule has 1 atom stereocenters. The molecule has 8 heteroatoms. The molecule has 7 nitrogen and oxygen atoms in total. The zero-order chi connectivity index (χ0) is 13.0. The molecule has 100 valence electrons. The summed E-state index contributed by atoms with van der Waals surface area (Å²) in [6.07, 6.45) is 2.84. The second-order valence-corrected chi connectivity index (χ2v) is 5.19. The van der Waals surface area contributed by atoms with Gasteiger partial charge in [0.15, 0.2) is 0 Å². The minimum absolute atomic E-state index is 0.347. The molecule has 1 heterocycles. The first kappa shape index (κ1) is 13.3. The van der Waals surface area contributed by atoms with Crippen LogP contribution in [0.4, 0.5) is 0 Å². The molecule has 1 aliphatic carbocycles. The van der Waals surface area contributed by atoms with E-state index in [1.807, 2.05) is 4.68 Å². The van der Waals surface area contributed by atoms with Crippen LogP contribution in [0, 0.1) is 0 Å². The maximum absolute atomic E-state index is 11.3. The third-order valence-electron chi connectivity index (χ3n) is 2.60. The largest absolute Gasteiger partial charge is 0.465 e. The second-order valence-electron chi connectivity index (χ2n) is 4.13. The zero-order valence-electron chi connectivity index (χ0n) is 10.3. The molecule has 0 spiro atoms. The SMILES string of the molecule is CCOC(=O)C(N)CCSc1nnnn1C1CC1. The van der Waals surface area contributed by atoms with Crippen LogP contribution in [0.2, 0.25) is 0 Å². The van der Waals surface area contributed by atoms with Crippen LogP contribution in [-0.2, 0) is 9.53 Å². The van der Waals surface area contributed by atoms with Crippen molar-refractivity contribution in [2.75, 3.05) is 12.4 Å². The Labute approximate surface area is 109 Å². The molecular weight excluding hydrogens is 254 g/mol. The van der Waals surface area contributed by atoms with Crippen molar-refractivity contribution in [2.45, 2.75) is 43.4 Å². The van der Waals surface area contributed by atoms with Crippen LogP contribution in [0.3, 0.4) is 0 Å². The van der Waals surface area contributed by atoms with E-state index < -0.39 is 6.04 Å². The van der Waals surface area contributed by atoms with Crippen LogP contribution in [0.1, 0.15) is 32.2 Å². The van der Waals surface area contributed by atoms with E-state index in [9.17, 15) is 4.79 Å². The minimum Gasteiger partial charge on any atom is -0.465 e. The molecule has 0 bridgehead atoms. The number of tetrazole rings is 1. The molecule has 0 amide bonds. The molecule has 1 fully saturated rings. The summed E-state index contributed by atoms with van der Waals surface area (Å²) in [4.78, 5) is 11.3. The Morgan fingerprint density at radius 2 is 2.44 bits per heavy atom. The molecule has 2 rings (SSSR count). The van der Waals surface area contributed by atoms with Gasteiger partial charge < -0.3 is 10.5 Å². The quantitative estimate of drug-likeness (QED) is 0.565. The predicted molar refractivity (Wildman–Crippen MR) is 66.0 cm³/mol. The Morgan fingerprint density at radius 1 is 1.67 bits per heavy atom. The molecular formula is C10H17N5O2S. The smallest absolute Gasteiger partial charge is 0.322 e. The average molecular weight is 271 g/mol. The minimum atomic E-state index is -0.567. The molecule has 18 heavy (non-hydrogen) atoms. The van der Waals surface area contributed by atoms with Gasteiger partial charge in [0.1, 0.15) is 6.04 Å². The van der Waals surface area contributed by atoms with Crippen LogP contribution in [0.15, 0.2) is 5.16 Å². The van der Waals surface area contributed by atoms with E-state index >= 15 is 0 Å². The molecule has 0 aliphatic heterocycles. The van der Waals surface area contributed by atoms with E-state index in [2.05, 4.69) is 15.5 Å². The van der Waals surface area contributed by atoms with Crippen LogP contribution in [-0.4, -0.2) is 44.6 Å². The summed E-state index contributed by atoms with van der Waals surface area (Å²) in [5.74, 6) is 0.354. The van der Waals surface area contributed by atoms with Crippen molar-refractivity contribution in [3.63, 3.8) is 0 Å². The predicted octanol–water partition coefficient (Wildman–Crippen LogP) is 0.381. The molecule has 1 aromatic heterocycles. The first-order valence-corrected chi connectivity index (χ1v) is 7.03. The van der Waals surface area contributed by atoms with E-state index in [4.69, 9.17) is 10.5 Å². The Morgan fingerprint density at radius 3 is 3.11 bits per heavy atom.